The van der Waals surface area contributed by atoms with Gasteiger partial charge in [-0.15, -0.1) is 0 Å². The minimum atomic E-state index is 0.639. The SMILES string of the molecule is CO.c1ccc(-n2cnc(Nc3nc(N4CCCC4)nc4ccoc34)c2)cc1. The molecule has 2 N–H and O–H groups in total. The van der Waals surface area contributed by atoms with Crippen molar-refractivity contribution in [2.45, 2.75) is 12.8 Å². The van der Waals surface area contributed by atoms with Gasteiger partial charge < -0.3 is 24.3 Å². The summed E-state index contributed by atoms with van der Waals surface area (Å²) in [6.07, 6.45) is 7.70. The van der Waals surface area contributed by atoms with Crippen molar-refractivity contribution in [3.63, 3.8) is 0 Å². The summed E-state index contributed by atoms with van der Waals surface area (Å²) in [5, 5.41) is 10.3. The molecule has 5 rings (SSSR count). The molecule has 0 unspecified atom stereocenters. The molecule has 4 heterocycles. The van der Waals surface area contributed by atoms with Crippen LogP contribution >= 0.6 is 0 Å². The van der Waals surface area contributed by atoms with Crippen molar-refractivity contribution in [2.75, 3.05) is 30.4 Å². The van der Waals surface area contributed by atoms with Crippen LogP contribution in [0.25, 0.3) is 16.8 Å². The molecule has 1 aliphatic heterocycles. The molecule has 144 valence electrons. The number of hydrogen-bond acceptors (Lipinski definition) is 7. The first-order chi connectivity index (χ1) is 13.9. The van der Waals surface area contributed by atoms with Crippen LogP contribution < -0.4 is 10.2 Å². The molecular weight excluding hydrogens is 356 g/mol. The fraction of sp³-hybridized carbons (Fsp3) is 0.250. The number of rotatable bonds is 4. The lowest BCUT2D eigenvalue weighted by Gasteiger charge is -2.15. The van der Waals surface area contributed by atoms with E-state index in [4.69, 9.17) is 14.5 Å². The molecule has 0 saturated carbocycles. The Morgan fingerprint density at radius 2 is 1.82 bits per heavy atom. The molecule has 8 nitrogen and oxygen atoms in total. The van der Waals surface area contributed by atoms with Crippen molar-refractivity contribution >= 4 is 28.7 Å². The van der Waals surface area contributed by atoms with Crippen LogP contribution in [0.3, 0.4) is 0 Å². The summed E-state index contributed by atoms with van der Waals surface area (Å²) >= 11 is 0. The number of furan rings is 1. The molecule has 1 fully saturated rings. The third-order valence-electron chi connectivity index (χ3n) is 4.56. The predicted molar refractivity (Wildman–Crippen MR) is 108 cm³/mol. The Labute approximate surface area is 162 Å². The van der Waals surface area contributed by atoms with Gasteiger partial charge in [0.2, 0.25) is 5.95 Å². The van der Waals surface area contributed by atoms with Gasteiger partial charge in [0.15, 0.2) is 11.4 Å². The Morgan fingerprint density at radius 1 is 1.04 bits per heavy atom. The molecule has 1 aliphatic rings. The van der Waals surface area contributed by atoms with E-state index in [1.807, 2.05) is 47.2 Å². The molecule has 0 radical (unpaired) electrons. The van der Waals surface area contributed by atoms with E-state index in [1.54, 1.807) is 12.6 Å². The lowest BCUT2D eigenvalue weighted by molar-refractivity contribution is 0.399. The van der Waals surface area contributed by atoms with Gasteiger partial charge in [0.05, 0.1) is 12.5 Å². The van der Waals surface area contributed by atoms with Crippen molar-refractivity contribution in [3.8, 4) is 5.69 Å². The number of aromatic nitrogens is 4. The van der Waals surface area contributed by atoms with Gasteiger partial charge in [-0.2, -0.15) is 4.98 Å². The second kappa shape index (κ2) is 8.10. The molecule has 0 aliphatic carbocycles. The maximum absolute atomic E-state index is 7.00. The zero-order chi connectivity index (χ0) is 19.3. The highest BCUT2D eigenvalue weighted by Gasteiger charge is 2.19. The van der Waals surface area contributed by atoms with Crippen LogP contribution in [0.15, 0.2) is 59.6 Å². The Kier molecular flexibility index (Phi) is 5.20. The van der Waals surface area contributed by atoms with Gasteiger partial charge in [-0.1, -0.05) is 18.2 Å². The Balaban J connectivity index is 0.000000932. The van der Waals surface area contributed by atoms with Gasteiger partial charge in [-0.25, -0.2) is 9.97 Å². The molecule has 0 spiro atoms. The smallest absolute Gasteiger partial charge is 0.228 e. The van der Waals surface area contributed by atoms with E-state index in [0.29, 0.717) is 17.2 Å². The number of nitrogens with one attached hydrogen (secondary N) is 1. The number of aliphatic hydroxyl groups excluding tert-OH is 1. The Morgan fingerprint density at radius 3 is 2.61 bits per heavy atom. The second-order valence-electron chi connectivity index (χ2n) is 6.33. The van der Waals surface area contributed by atoms with Crippen LogP contribution in [0.5, 0.6) is 0 Å². The summed E-state index contributed by atoms with van der Waals surface area (Å²) in [5.74, 6) is 2.08. The van der Waals surface area contributed by atoms with E-state index in [0.717, 1.165) is 37.4 Å². The fourth-order valence-electron chi connectivity index (χ4n) is 3.24. The van der Waals surface area contributed by atoms with Crippen LogP contribution in [0.2, 0.25) is 0 Å². The van der Waals surface area contributed by atoms with Crippen LogP contribution in [-0.4, -0.2) is 44.8 Å². The van der Waals surface area contributed by atoms with E-state index >= 15 is 0 Å². The summed E-state index contributed by atoms with van der Waals surface area (Å²) in [6.45, 7) is 1.98. The topological polar surface area (TPSA) is 92.2 Å². The van der Waals surface area contributed by atoms with E-state index in [1.165, 1.54) is 12.8 Å². The zero-order valence-corrected chi connectivity index (χ0v) is 15.6. The molecule has 28 heavy (non-hydrogen) atoms. The Hall–Kier alpha value is -3.39. The summed E-state index contributed by atoms with van der Waals surface area (Å²) in [5.41, 5.74) is 2.49. The highest BCUT2D eigenvalue weighted by atomic mass is 16.3. The quantitative estimate of drug-likeness (QED) is 0.562. The molecular formula is C20H22N6O2. The van der Waals surface area contributed by atoms with Crippen LogP contribution in [0.4, 0.5) is 17.6 Å². The van der Waals surface area contributed by atoms with Gasteiger partial charge >= 0.3 is 0 Å². The van der Waals surface area contributed by atoms with Crippen molar-refractivity contribution < 1.29 is 9.52 Å². The van der Waals surface area contributed by atoms with Crippen molar-refractivity contribution in [1.82, 2.24) is 19.5 Å². The van der Waals surface area contributed by atoms with Gasteiger partial charge in [0, 0.05) is 32.0 Å². The number of anilines is 3. The molecule has 4 aromatic rings. The molecule has 1 saturated heterocycles. The summed E-state index contributed by atoms with van der Waals surface area (Å²) in [6, 6.07) is 11.9. The number of benzene rings is 1. The van der Waals surface area contributed by atoms with Crippen molar-refractivity contribution in [2.24, 2.45) is 0 Å². The number of aliphatic hydroxyl groups is 1. The zero-order valence-electron chi connectivity index (χ0n) is 15.6. The number of imidazole rings is 1. The van der Waals surface area contributed by atoms with Gasteiger partial charge in [0.25, 0.3) is 0 Å². The predicted octanol–water partition coefficient (Wildman–Crippen LogP) is 3.36. The largest absolute Gasteiger partial charge is 0.459 e. The van der Waals surface area contributed by atoms with E-state index in [9.17, 15) is 0 Å². The normalized spacial score (nSPS) is 13.4. The van der Waals surface area contributed by atoms with Crippen LogP contribution in [0, 0.1) is 0 Å². The highest BCUT2D eigenvalue weighted by Crippen LogP contribution is 2.28. The number of nitrogens with zero attached hydrogens (tertiary/aromatic N) is 5. The van der Waals surface area contributed by atoms with Gasteiger partial charge in [-0.05, 0) is 25.0 Å². The standard InChI is InChI=1S/C19H18N6O.CH4O/c1-2-6-14(7-3-1)25-12-16(20-13-25)22-18-17-15(8-11-26-17)21-19(23-18)24-9-4-5-10-24;1-2/h1-3,6-8,11-13H,4-5,9-10H2,(H,21,22,23);2H,1H3. The fourth-order valence-corrected chi connectivity index (χ4v) is 3.24. The third-order valence-corrected chi connectivity index (χ3v) is 4.56. The minimum Gasteiger partial charge on any atom is -0.459 e. The van der Waals surface area contributed by atoms with Crippen LogP contribution in [-0.2, 0) is 0 Å². The van der Waals surface area contributed by atoms with Gasteiger partial charge in [-0.3, -0.25) is 0 Å². The molecule has 8 heteroatoms. The Bertz CT molecular complexity index is 1040. The summed E-state index contributed by atoms with van der Waals surface area (Å²) in [4.78, 5) is 16.0. The first kappa shape index (κ1) is 18.0. The molecule has 1 aromatic carbocycles. The van der Waals surface area contributed by atoms with Crippen molar-refractivity contribution in [3.05, 3.63) is 55.2 Å². The first-order valence-corrected chi connectivity index (χ1v) is 9.18. The van der Waals surface area contributed by atoms with Crippen LogP contribution in [0.1, 0.15) is 12.8 Å². The number of fused-ring (bicyclic) bond motifs is 1. The number of hydrogen-bond donors (Lipinski definition) is 2. The average molecular weight is 378 g/mol. The lowest BCUT2D eigenvalue weighted by Crippen LogP contribution is -2.20. The minimum absolute atomic E-state index is 0.639. The maximum Gasteiger partial charge on any atom is 0.228 e. The first-order valence-electron chi connectivity index (χ1n) is 9.18. The molecule has 0 amide bonds. The molecule has 0 bridgehead atoms. The van der Waals surface area contributed by atoms with E-state index in [2.05, 4.69) is 20.2 Å². The van der Waals surface area contributed by atoms with E-state index in [-0.39, 0.29) is 0 Å². The average Bonchev–Trinajstić information content (AvgIpc) is 3.51. The maximum atomic E-state index is 7.00. The molecule has 3 aromatic heterocycles. The van der Waals surface area contributed by atoms with E-state index < -0.39 is 0 Å². The van der Waals surface area contributed by atoms with Gasteiger partial charge in [0.1, 0.15) is 17.7 Å². The highest BCUT2D eigenvalue weighted by molar-refractivity contribution is 5.86. The summed E-state index contributed by atoms with van der Waals surface area (Å²) in [7, 11) is 1.00. The number of para-hydroxylation sites is 1. The van der Waals surface area contributed by atoms with Crippen molar-refractivity contribution in [1.29, 1.82) is 0 Å². The second-order valence-corrected chi connectivity index (χ2v) is 6.33. The third kappa shape index (κ3) is 3.54. The summed E-state index contributed by atoms with van der Waals surface area (Å²) < 4.78 is 7.55. The molecule has 0 atom stereocenters. The monoisotopic (exact) mass is 378 g/mol. The lowest BCUT2D eigenvalue weighted by atomic mass is 10.3.